The van der Waals surface area contributed by atoms with E-state index in [2.05, 4.69) is 20.5 Å². The predicted octanol–water partition coefficient (Wildman–Crippen LogP) is 1.29. The van der Waals surface area contributed by atoms with Gasteiger partial charge in [-0.25, -0.2) is 4.98 Å². The molecule has 120 valence electrons. The molecular weight excluding hydrogens is 322 g/mol. The van der Waals surface area contributed by atoms with Crippen molar-refractivity contribution in [3.63, 3.8) is 0 Å². The SMILES string of the molecule is C[C@H](N)N1CCc2c(NC(=O)C3=CNCCS3)ccnc21.Cl. The Balaban J connectivity index is 0.00000176. The molecule has 1 aromatic heterocycles. The molecule has 0 fully saturated rings. The lowest BCUT2D eigenvalue weighted by atomic mass is 10.2. The zero-order valence-corrected chi connectivity index (χ0v) is 14.0. The predicted molar refractivity (Wildman–Crippen MR) is 93.4 cm³/mol. The number of hydrogen-bond donors (Lipinski definition) is 3. The maximum atomic E-state index is 12.3. The van der Waals surface area contributed by atoms with E-state index in [0.717, 1.165) is 42.3 Å². The molecule has 0 aromatic carbocycles. The van der Waals surface area contributed by atoms with Crippen LogP contribution in [0, 0.1) is 0 Å². The van der Waals surface area contributed by atoms with Crippen LogP contribution in [0.5, 0.6) is 0 Å². The van der Waals surface area contributed by atoms with Crippen molar-refractivity contribution in [1.82, 2.24) is 10.3 Å². The lowest BCUT2D eigenvalue weighted by Crippen LogP contribution is -2.38. The van der Waals surface area contributed by atoms with Gasteiger partial charge in [0, 0.05) is 42.5 Å². The van der Waals surface area contributed by atoms with Gasteiger partial charge in [0.1, 0.15) is 5.82 Å². The number of amides is 1. The van der Waals surface area contributed by atoms with Gasteiger partial charge >= 0.3 is 0 Å². The number of aromatic nitrogens is 1. The van der Waals surface area contributed by atoms with Gasteiger partial charge in [0.05, 0.1) is 11.1 Å². The summed E-state index contributed by atoms with van der Waals surface area (Å²) in [4.78, 5) is 19.5. The summed E-state index contributed by atoms with van der Waals surface area (Å²) in [6.07, 6.45) is 4.27. The molecule has 1 atom stereocenters. The molecular formula is C14H20ClN5OS. The first kappa shape index (κ1) is 16.9. The van der Waals surface area contributed by atoms with E-state index in [-0.39, 0.29) is 24.5 Å². The number of rotatable bonds is 3. The van der Waals surface area contributed by atoms with Crippen molar-refractivity contribution in [2.75, 3.05) is 29.1 Å². The average molecular weight is 342 g/mol. The molecule has 0 saturated heterocycles. The van der Waals surface area contributed by atoms with Crippen molar-refractivity contribution in [3.8, 4) is 0 Å². The van der Waals surface area contributed by atoms with E-state index in [9.17, 15) is 4.79 Å². The summed E-state index contributed by atoms with van der Waals surface area (Å²) in [6.45, 7) is 3.68. The van der Waals surface area contributed by atoms with Gasteiger partial charge in [-0.05, 0) is 19.4 Å². The Morgan fingerprint density at radius 3 is 3.09 bits per heavy atom. The van der Waals surface area contributed by atoms with Crippen molar-refractivity contribution in [2.45, 2.75) is 19.5 Å². The highest BCUT2D eigenvalue weighted by atomic mass is 35.5. The maximum Gasteiger partial charge on any atom is 0.263 e. The van der Waals surface area contributed by atoms with Crippen molar-refractivity contribution in [3.05, 3.63) is 28.9 Å². The molecule has 0 aliphatic carbocycles. The molecule has 3 heterocycles. The molecule has 0 saturated carbocycles. The lowest BCUT2D eigenvalue weighted by Gasteiger charge is -2.22. The topological polar surface area (TPSA) is 83.3 Å². The van der Waals surface area contributed by atoms with Crippen LogP contribution in [0.1, 0.15) is 12.5 Å². The first-order valence-corrected chi connectivity index (χ1v) is 8.03. The van der Waals surface area contributed by atoms with Gasteiger partial charge in [-0.2, -0.15) is 0 Å². The van der Waals surface area contributed by atoms with Crippen molar-refractivity contribution < 1.29 is 4.79 Å². The third kappa shape index (κ3) is 3.31. The molecule has 0 radical (unpaired) electrons. The Labute approximate surface area is 140 Å². The van der Waals surface area contributed by atoms with E-state index in [1.54, 1.807) is 24.2 Å². The number of nitrogens with two attached hydrogens (primary N) is 1. The van der Waals surface area contributed by atoms with Gasteiger partial charge in [-0.3, -0.25) is 4.79 Å². The Kier molecular flexibility index (Phi) is 5.55. The lowest BCUT2D eigenvalue weighted by molar-refractivity contribution is -0.112. The Morgan fingerprint density at radius 2 is 2.41 bits per heavy atom. The summed E-state index contributed by atoms with van der Waals surface area (Å²) in [5.41, 5.74) is 7.86. The summed E-state index contributed by atoms with van der Waals surface area (Å²) in [5, 5.41) is 6.09. The number of pyridine rings is 1. The molecule has 3 rings (SSSR count). The van der Waals surface area contributed by atoms with Gasteiger partial charge in [0.25, 0.3) is 5.91 Å². The van der Waals surface area contributed by atoms with E-state index in [1.165, 1.54) is 0 Å². The van der Waals surface area contributed by atoms with Gasteiger partial charge in [0.2, 0.25) is 0 Å². The molecule has 6 nitrogen and oxygen atoms in total. The van der Waals surface area contributed by atoms with Crippen molar-refractivity contribution >= 4 is 41.6 Å². The number of nitrogens with one attached hydrogen (secondary N) is 2. The molecule has 2 aliphatic heterocycles. The van der Waals surface area contributed by atoms with Crippen LogP contribution >= 0.6 is 24.2 Å². The number of fused-ring (bicyclic) bond motifs is 1. The summed E-state index contributed by atoms with van der Waals surface area (Å²) in [5.74, 6) is 1.72. The molecule has 22 heavy (non-hydrogen) atoms. The number of carbonyl (C=O) groups is 1. The Morgan fingerprint density at radius 1 is 1.59 bits per heavy atom. The fourth-order valence-corrected chi connectivity index (χ4v) is 3.36. The van der Waals surface area contributed by atoms with Crippen LogP contribution in [0.25, 0.3) is 0 Å². The average Bonchev–Trinajstić information content (AvgIpc) is 2.93. The molecule has 0 unspecified atom stereocenters. The molecule has 1 aromatic rings. The molecule has 4 N–H and O–H groups in total. The van der Waals surface area contributed by atoms with E-state index in [4.69, 9.17) is 5.73 Å². The van der Waals surface area contributed by atoms with Crippen molar-refractivity contribution in [1.29, 1.82) is 0 Å². The van der Waals surface area contributed by atoms with Crippen LogP contribution in [0.2, 0.25) is 0 Å². The van der Waals surface area contributed by atoms with Gasteiger partial charge in [0.15, 0.2) is 0 Å². The third-order valence-corrected chi connectivity index (χ3v) is 4.63. The summed E-state index contributed by atoms with van der Waals surface area (Å²) < 4.78 is 0. The highest BCUT2D eigenvalue weighted by Crippen LogP contribution is 2.32. The smallest absolute Gasteiger partial charge is 0.263 e. The molecule has 0 bridgehead atoms. The Hall–Kier alpha value is -1.44. The fourth-order valence-electron chi connectivity index (χ4n) is 2.57. The number of hydrogen-bond acceptors (Lipinski definition) is 6. The zero-order chi connectivity index (χ0) is 14.8. The second-order valence-corrected chi connectivity index (χ2v) is 6.25. The van der Waals surface area contributed by atoms with E-state index in [1.807, 2.05) is 13.0 Å². The van der Waals surface area contributed by atoms with Crippen LogP contribution < -0.4 is 21.3 Å². The van der Waals surface area contributed by atoms with E-state index >= 15 is 0 Å². The minimum atomic E-state index is -0.0782. The quantitative estimate of drug-likeness (QED) is 0.768. The van der Waals surface area contributed by atoms with E-state index < -0.39 is 0 Å². The fraction of sp³-hybridized carbons (Fsp3) is 0.429. The number of carbonyl (C=O) groups excluding carboxylic acids is 1. The van der Waals surface area contributed by atoms with Crippen LogP contribution in [-0.2, 0) is 11.2 Å². The zero-order valence-electron chi connectivity index (χ0n) is 12.3. The Bertz CT molecular complexity index is 593. The second-order valence-electron chi connectivity index (χ2n) is 5.11. The number of halogens is 1. The minimum Gasteiger partial charge on any atom is -0.389 e. The largest absolute Gasteiger partial charge is 0.389 e. The first-order valence-electron chi connectivity index (χ1n) is 7.04. The number of nitrogens with zero attached hydrogens (tertiary/aromatic N) is 2. The maximum absolute atomic E-state index is 12.3. The number of thioether (sulfide) groups is 1. The van der Waals surface area contributed by atoms with Gasteiger partial charge in [-0.15, -0.1) is 24.2 Å². The molecule has 1 amide bonds. The highest BCUT2D eigenvalue weighted by Gasteiger charge is 2.26. The third-order valence-electron chi connectivity index (χ3n) is 3.61. The number of anilines is 2. The first-order chi connectivity index (χ1) is 10.2. The van der Waals surface area contributed by atoms with Crippen LogP contribution in [0.4, 0.5) is 11.5 Å². The molecule has 0 spiro atoms. The van der Waals surface area contributed by atoms with Crippen LogP contribution in [0.15, 0.2) is 23.4 Å². The molecule has 2 aliphatic rings. The monoisotopic (exact) mass is 341 g/mol. The normalized spacial score (nSPS) is 17.7. The van der Waals surface area contributed by atoms with Crippen molar-refractivity contribution in [2.24, 2.45) is 5.73 Å². The van der Waals surface area contributed by atoms with E-state index in [0.29, 0.717) is 4.91 Å². The minimum absolute atomic E-state index is 0. The summed E-state index contributed by atoms with van der Waals surface area (Å²) in [6, 6.07) is 1.85. The summed E-state index contributed by atoms with van der Waals surface area (Å²) in [7, 11) is 0. The summed E-state index contributed by atoms with van der Waals surface area (Å²) >= 11 is 1.57. The molecule has 8 heteroatoms. The van der Waals surface area contributed by atoms with Gasteiger partial charge < -0.3 is 21.3 Å². The van der Waals surface area contributed by atoms with Crippen LogP contribution in [-0.4, -0.2) is 35.9 Å². The van der Waals surface area contributed by atoms with Gasteiger partial charge in [-0.1, -0.05) is 0 Å². The second kappa shape index (κ2) is 7.21. The standard InChI is InChI=1S/C14H19N5OS.ClH/c1-9(15)19-6-3-10-11(2-4-17-13(10)19)18-14(20)12-8-16-5-7-21-12;/h2,4,8-9,16H,3,5-7,15H2,1H3,(H,17,18,20);1H/t9-;/m1./s1. The van der Waals surface area contributed by atoms with Crippen LogP contribution in [0.3, 0.4) is 0 Å². The highest BCUT2D eigenvalue weighted by molar-refractivity contribution is 8.04.